The number of nitrogens with one attached hydrogen (secondary N) is 1. The van der Waals surface area contributed by atoms with Crippen LogP contribution in [0.3, 0.4) is 0 Å². The highest BCUT2D eigenvalue weighted by atomic mass is 19.3. The van der Waals surface area contributed by atoms with Gasteiger partial charge in [0.25, 0.3) is 6.43 Å². The minimum atomic E-state index is -2.77. The zero-order valence-corrected chi connectivity index (χ0v) is 10.4. The number of hydrogen-bond donors (Lipinski definition) is 3. The second-order valence-corrected chi connectivity index (χ2v) is 4.24. The fourth-order valence-electron chi connectivity index (χ4n) is 1.38. The van der Waals surface area contributed by atoms with Crippen molar-refractivity contribution in [3.05, 3.63) is 18.2 Å². The van der Waals surface area contributed by atoms with Crippen LogP contribution in [0.2, 0.25) is 0 Å². The molecular formula is C12H18F2N2O2. The Balaban J connectivity index is 2.68. The van der Waals surface area contributed by atoms with E-state index in [0.29, 0.717) is 17.1 Å². The molecule has 1 rings (SSSR count). The standard InChI is InChI=1S/C12H18F2N2O2/c1-7(2)18-10-4-8(15)3-9(5-10)16-6-11(17)12(13)14/h3-5,7,11-12,16-17H,6,15H2,1-2H3. The average Bonchev–Trinajstić information content (AvgIpc) is 2.23. The predicted molar refractivity (Wildman–Crippen MR) is 67.1 cm³/mol. The lowest BCUT2D eigenvalue weighted by molar-refractivity contribution is 0.00384. The maximum absolute atomic E-state index is 12.1. The number of nitrogen functional groups attached to an aromatic ring is 1. The second kappa shape index (κ2) is 6.39. The number of rotatable bonds is 6. The number of aliphatic hydroxyl groups is 1. The molecule has 0 spiro atoms. The van der Waals surface area contributed by atoms with Crippen molar-refractivity contribution in [1.82, 2.24) is 0 Å². The number of anilines is 2. The molecule has 102 valence electrons. The Labute approximate surface area is 105 Å². The first-order valence-corrected chi connectivity index (χ1v) is 5.66. The Kier molecular flexibility index (Phi) is 5.15. The number of hydrogen-bond acceptors (Lipinski definition) is 4. The van der Waals surface area contributed by atoms with Crippen LogP contribution < -0.4 is 15.8 Å². The van der Waals surface area contributed by atoms with Crippen LogP contribution in [0, 0.1) is 0 Å². The van der Waals surface area contributed by atoms with Crippen LogP contribution >= 0.6 is 0 Å². The van der Waals surface area contributed by atoms with Gasteiger partial charge in [0.05, 0.1) is 6.10 Å². The number of halogens is 2. The molecule has 6 heteroatoms. The van der Waals surface area contributed by atoms with E-state index in [1.54, 1.807) is 18.2 Å². The lowest BCUT2D eigenvalue weighted by Gasteiger charge is -2.15. The SMILES string of the molecule is CC(C)Oc1cc(N)cc(NCC(O)C(F)F)c1. The molecule has 1 aromatic rings. The summed E-state index contributed by atoms with van der Waals surface area (Å²) >= 11 is 0. The van der Waals surface area contributed by atoms with E-state index in [1.807, 2.05) is 13.8 Å². The molecule has 1 atom stereocenters. The van der Waals surface area contributed by atoms with Crippen molar-refractivity contribution < 1.29 is 18.6 Å². The number of nitrogens with two attached hydrogens (primary N) is 1. The van der Waals surface area contributed by atoms with Gasteiger partial charge in [-0.3, -0.25) is 0 Å². The average molecular weight is 260 g/mol. The zero-order valence-electron chi connectivity index (χ0n) is 10.4. The topological polar surface area (TPSA) is 67.5 Å². The molecule has 0 aromatic heterocycles. The van der Waals surface area contributed by atoms with Gasteiger partial charge in [-0.15, -0.1) is 0 Å². The van der Waals surface area contributed by atoms with Crippen molar-refractivity contribution in [2.75, 3.05) is 17.6 Å². The van der Waals surface area contributed by atoms with Gasteiger partial charge >= 0.3 is 0 Å². The van der Waals surface area contributed by atoms with E-state index in [4.69, 9.17) is 15.6 Å². The molecular weight excluding hydrogens is 242 g/mol. The molecule has 1 unspecified atom stereocenters. The van der Waals surface area contributed by atoms with Crippen LogP contribution in [-0.4, -0.2) is 30.3 Å². The summed E-state index contributed by atoms with van der Waals surface area (Å²) in [7, 11) is 0. The summed E-state index contributed by atoms with van der Waals surface area (Å²) in [6.07, 6.45) is -4.49. The molecule has 4 N–H and O–H groups in total. The highest BCUT2D eigenvalue weighted by molar-refractivity contribution is 5.59. The van der Waals surface area contributed by atoms with Gasteiger partial charge in [0, 0.05) is 30.1 Å². The van der Waals surface area contributed by atoms with Crippen LogP contribution in [-0.2, 0) is 0 Å². The predicted octanol–water partition coefficient (Wildman–Crippen LogP) is 2.09. The molecule has 18 heavy (non-hydrogen) atoms. The molecule has 0 heterocycles. The monoisotopic (exact) mass is 260 g/mol. The molecule has 0 amide bonds. The lowest BCUT2D eigenvalue weighted by Crippen LogP contribution is -2.26. The molecule has 4 nitrogen and oxygen atoms in total. The van der Waals surface area contributed by atoms with Gasteiger partial charge in [0.15, 0.2) is 0 Å². The Morgan fingerprint density at radius 1 is 1.33 bits per heavy atom. The van der Waals surface area contributed by atoms with Crippen molar-refractivity contribution in [3.63, 3.8) is 0 Å². The van der Waals surface area contributed by atoms with Crippen molar-refractivity contribution in [2.24, 2.45) is 0 Å². The van der Waals surface area contributed by atoms with Gasteiger partial charge in [0.2, 0.25) is 0 Å². The quantitative estimate of drug-likeness (QED) is 0.685. The molecule has 0 aliphatic carbocycles. The summed E-state index contributed by atoms with van der Waals surface area (Å²) in [5.41, 5.74) is 6.66. The van der Waals surface area contributed by atoms with Gasteiger partial charge in [-0.1, -0.05) is 0 Å². The maximum Gasteiger partial charge on any atom is 0.265 e. The van der Waals surface area contributed by atoms with E-state index >= 15 is 0 Å². The van der Waals surface area contributed by atoms with Crippen LogP contribution in [0.1, 0.15) is 13.8 Å². The molecule has 0 aliphatic rings. The number of alkyl halides is 2. The zero-order chi connectivity index (χ0) is 13.7. The van der Waals surface area contributed by atoms with Crippen molar-refractivity contribution in [3.8, 4) is 5.75 Å². The number of aliphatic hydroxyl groups excluding tert-OH is 1. The van der Waals surface area contributed by atoms with E-state index in [1.165, 1.54) is 0 Å². The van der Waals surface area contributed by atoms with Gasteiger partial charge in [0.1, 0.15) is 11.9 Å². The molecule has 0 saturated carbocycles. The highest BCUT2D eigenvalue weighted by Gasteiger charge is 2.16. The van der Waals surface area contributed by atoms with Crippen LogP contribution in [0.25, 0.3) is 0 Å². The normalized spacial score (nSPS) is 12.8. The first kappa shape index (κ1) is 14.5. The molecule has 1 aromatic carbocycles. The molecule has 0 saturated heterocycles. The van der Waals surface area contributed by atoms with Gasteiger partial charge < -0.3 is 20.9 Å². The Morgan fingerprint density at radius 2 is 2.00 bits per heavy atom. The van der Waals surface area contributed by atoms with E-state index in [0.717, 1.165) is 0 Å². The minimum Gasteiger partial charge on any atom is -0.491 e. The van der Waals surface area contributed by atoms with Crippen LogP contribution in [0.4, 0.5) is 20.2 Å². The molecule has 0 radical (unpaired) electrons. The Morgan fingerprint density at radius 3 is 2.56 bits per heavy atom. The summed E-state index contributed by atoms with van der Waals surface area (Å²) in [6.45, 7) is 3.50. The third kappa shape index (κ3) is 4.75. The summed E-state index contributed by atoms with van der Waals surface area (Å²) in [5, 5.41) is 11.7. The first-order chi connectivity index (χ1) is 8.38. The summed E-state index contributed by atoms with van der Waals surface area (Å²) in [5.74, 6) is 0.555. The largest absolute Gasteiger partial charge is 0.491 e. The third-order valence-corrected chi connectivity index (χ3v) is 2.11. The molecule has 0 bridgehead atoms. The molecule has 0 aliphatic heterocycles. The van der Waals surface area contributed by atoms with E-state index in [2.05, 4.69) is 5.32 Å². The highest BCUT2D eigenvalue weighted by Crippen LogP contribution is 2.23. The number of benzene rings is 1. The van der Waals surface area contributed by atoms with E-state index < -0.39 is 12.5 Å². The second-order valence-electron chi connectivity index (χ2n) is 4.24. The minimum absolute atomic E-state index is 0.00805. The third-order valence-electron chi connectivity index (χ3n) is 2.11. The van der Waals surface area contributed by atoms with Gasteiger partial charge in [-0.05, 0) is 19.9 Å². The van der Waals surface area contributed by atoms with Crippen molar-refractivity contribution >= 4 is 11.4 Å². The summed E-state index contributed by atoms with van der Waals surface area (Å²) in [4.78, 5) is 0. The van der Waals surface area contributed by atoms with Gasteiger partial charge in [-0.25, -0.2) is 8.78 Å². The van der Waals surface area contributed by atoms with Crippen molar-refractivity contribution in [1.29, 1.82) is 0 Å². The lowest BCUT2D eigenvalue weighted by atomic mass is 10.2. The molecule has 0 fully saturated rings. The van der Waals surface area contributed by atoms with Crippen LogP contribution in [0.15, 0.2) is 18.2 Å². The van der Waals surface area contributed by atoms with Crippen molar-refractivity contribution in [2.45, 2.75) is 32.5 Å². The van der Waals surface area contributed by atoms with E-state index in [-0.39, 0.29) is 12.6 Å². The van der Waals surface area contributed by atoms with E-state index in [9.17, 15) is 8.78 Å². The summed E-state index contributed by atoms with van der Waals surface area (Å²) in [6, 6.07) is 4.88. The van der Waals surface area contributed by atoms with Crippen LogP contribution in [0.5, 0.6) is 5.75 Å². The fourth-order valence-corrected chi connectivity index (χ4v) is 1.38. The smallest absolute Gasteiger partial charge is 0.265 e. The summed E-state index contributed by atoms with van der Waals surface area (Å²) < 4.78 is 29.7. The maximum atomic E-state index is 12.1. The first-order valence-electron chi connectivity index (χ1n) is 5.66. The Hall–Kier alpha value is -1.56. The fraction of sp³-hybridized carbons (Fsp3) is 0.500. The Bertz CT molecular complexity index is 386. The van der Waals surface area contributed by atoms with Gasteiger partial charge in [-0.2, -0.15) is 0 Å². The number of ether oxygens (including phenoxy) is 1.